The Balaban J connectivity index is 2.47. The van der Waals surface area contributed by atoms with Gasteiger partial charge in [-0.05, 0) is 26.2 Å². The van der Waals surface area contributed by atoms with Gasteiger partial charge < -0.3 is 9.84 Å². The van der Waals surface area contributed by atoms with Crippen molar-refractivity contribution in [3.8, 4) is 0 Å². The monoisotopic (exact) mass is 200 g/mol. The fraction of sp³-hybridized carbons (Fsp3) is 0.800. The Labute approximate surface area is 83.2 Å². The third kappa shape index (κ3) is 2.72. The van der Waals surface area contributed by atoms with Crippen LogP contribution in [0.3, 0.4) is 0 Å². The first-order valence-corrected chi connectivity index (χ1v) is 5.04. The Morgan fingerprint density at radius 1 is 1.36 bits per heavy atom. The standard InChI is InChI=1S/C10H16O4/c1-2-14-10(13)8-5-3-4-7(6-8)9(11)12/h7-8H,2-6H2,1H3,(H,11,12). The van der Waals surface area contributed by atoms with E-state index in [2.05, 4.69) is 0 Å². The molecule has 1 fully saturated rings. The Kier molecular flexibility index (Phi) is 3.92. The van der Waals surface area contributed by atoms with Crippen molar-refractivity contribution < 1.29 is 19.4 Å². The maximum Gasteiger partial charge on any atom is 0.308 e. The molecule has 1 saturated carbocycles. The van der Waals surface area contributed by atoms with Gasteiger partial charge in [0.1, 0.15) is 0 Å². The Bertz CT molecular complexity index is 224. The van der Waals surface area contributed by atoms with Gasteiger partial charge in [0.25, 0.3) is 0 Å². The number of carboxylic acids is 1. The van der Waals surface area contributed by atoms with Gasteiger partial charge in [0.05, 0.1) is 18.4 Å². The molecule has 2 atom stereocenters. The molecule has 14 heavy (non-hydrogen) atoms. The maximum atomic E-state index is 11.4. The molecule has 0 aromatic heterocycles. The van der Waals surface area contributed by atoms with E-state index in [-0.39, 0.29) is 17.8 Å². The molecule has 0 aromatic carbocycles. The molecule has 2 unspecified atom stereocenters. The zero-order valence-corrected chi connectivity index (χ0v) is 8.36. The Hall–Kier alpha value is -1.06. The number of carbonyl (C=O) groups is 2. The van der Waals surface area contributed by atoms with E-state index in [1.807, 2.05) is 0 Å². The molecule has 1 rings (SSSR count). The highest BCUT2D eigenvalue weighted by atomic mass is 16.5. The number of hydrogen-bond donors (Lipinski definition) is 1. The summed E-state index contributed by atoms with van der Waals surface area (Å²) in [7, 11) is 0. The van der Waals surface area contributed by atoms with Crippen molar-refractivity contribution in [1.29, 1.82) is 0 Å². The van der Waals surface area contributed by atoms with Crippen LogP contribution in [-0.4, -0.2) is 23.7 Å². The second-order valence-corrected chi connectivity index (χ2v) is 3.65. The lowest BCUT2D eigenvalue weighted by Crippen LogP contribution is -2.28. The average Bonchev–Trinajstić information content (AvgIpc) is 2.18. The highest BCUT2D eigenvalue weighted by Gasteiger charge is 2.31. The third-order valence-electron chi connectivity index (χ3n) is 2.64. The van der Waals surface area contributed by atoms with Crippen molar-refractivity contribution in [1.82, 2.24) is 0 Å². The molecule has 1 aliphatic carbocycles. The molecule has 80 valence electrons. The smallest absolute Gasteiger partial charge is 0.308 e. The molecule has 0 spiro atoms. The lowest BCUT2D eigenvalue weighted by molar-refractivity contribution is -0.152. The number of esters is 1. The van der Waals surface area contributed by atoms with Crippen LogP contribution >= 0.6 is 0 Å². The van der Waals surface area contributed by atoms with E-state index < -0.39 is 5.97 Å². The summed E-state index contributed by atoms with van der Waals surface area (Å²) in [6.07, 6.45) is 2.70. The van der Waals surface area contributed by atoms with Gasteiger partial charge in [-0.2, -0.15) is 0 Å². The van der Waals surface area contributed by atoms with E-state index in [4.69, 9.17) is 9.84 Å². The van der Waals surface area contributed by atoms with Crippen molar-refractivity contribution in [3.63, 3.8) is 0 Å². The van der Waals surface area contributed by atoms with Crippen LogP contribution in [-0.2, 0) is 14.3 Å². The van der Waals surface area contributed by atoms with Gasteiger partial charge in [0, 0.05) is 0 Å². The first-order chi connectivity index (χ1) is 6.65. The summed E-state index contributed by atoms with van der Waals surface area (Å²) in [5.74, 6) is -1.60. The number of carboxylic acid groups (broad SMARTS) is 1. The fourth-order valence-electron chi connectivity index (χ4n) is 1.89. The van der Waals surface area contributed by atoms with Gasteiger partial charge >= 0.3 is 11.9 Å². The summed E-state index contributed by atoms with van der Waals surface area (Å²) in [6.45, 7) is 2.13. The van der Waals surface area contributed by atoms with E-state index in [1.54, 1.807) is 6.92 Å². The van der Waals surface area contributed by atoms with Gasteiger partial charge in [-0.15, -0.1) is 0 Å². The number of rotatable bonds is 3. The summed E-state index contributed by atoms with van der Waals surface area (Å²) >= 11 is 0. The highest BCUT2D eigenvalue weighted by molar-refractivity contribution is 5.75. The van der Waals surface area contributed by atoms with E-state index in [0.717, 1.165) is 12.8 Å². The third-order valence-corrected chi connectivity index (χ3v) is 2.64. The molecule has 0 amide bonds. The van der Waals surface area contributed by atoms with Crippen molar-refractivity contribution in [2.75, 3.05) is 6.61 Å². The number of hydrogen-bond acceptors (Lipinski definition) is 3. The zero-order chi connectivity index (χ0) is 10.6. The Morgan fingerprint density at radius 2 is 2.00 bits per heavy atom. The summed E-state index contributed by atoms with van der Waals surface area (Å²) in [6, 6.07) is 0. The van der Waals surface area contributed by atoms with Crippen LogP contribution in [0, 0.1) is 11.8 Å². The van der Waals surface area contributed by atoms with Crippen LogP contribution in [0.15, 0.2) is 0 Å². The SMILES string of the molecule is CCOC(=O)C1CCCC(C(=O)O)C1. The molecule has 4 nitrogen and oxygen atoms in total. The summed E-state index contributed by atoms with van der Waals surface area (Å²) < 4.78 is 4.88. The minimum absolute atomic E-state index is 0.204. The number of ether oxygens (including phenoxy) is 1. The second kappa shape index (κ2) is 4.98. The molecule has 0 bridgehead atoms. The molecule has 4 heteroatoms. The van der Waals surface area contributed by atoms with Crippen molar-refractivity contribution in [3.05, 3.63) is 0 Å². The predicted octanol–water partition coefficient (Wildman–Crippen LogP) is 1.44. The first kappa shape index (κ1) is 11.0. The topological polar surface area (TPSA) is 63.6 Å². The molecular formula is C10H16O4. The number of aliphatic carboxylic acids is 1. The summed E-state index contributed by atoms with van der Waals surface area (Å²) in [4.78, 5) is 22.1. The van der Waals surface area contributed by atoms with Crippen LogP contribution in [0.4, 0.5) is 0 Å². The van der Waals surface area contributed by atoms with Gasteiger partial charge in [-0.25, -0.2) is 0 Å². The van der Waals surface area contributed by atoms with Crippen molar-refractivity contribution in [2.45, 2.75) is 32.6 Å². The first-order valence-electron chi connectivity index (χ1n) is 5.04. The average molecular weight is 200 g/mol. The maximum absolute atomic E-state index is 11.4. The molecule has 0 aromatic rings. The van der Waals surface area contributed by atoms with E-state index in [1.165, 1.54) is 0 Å². The largest absolute Gasteiger partial charge is 0.481 e. The molecule has 0 saturated heterocycles. The van der Waals surface area contributed by atoms with Crippen LogP contribution in [0.5, 0.6) is 0 Å². The quantitative estimate of drug-likeness (QED) is 0.700. The molecular weight excluding hydrogens is 184 g/mol. The van der Waals surface area contributed by atoms with Crippen LogP contribution in [0.25, 0.3) is 0 Å². The minimum Gasteiger partial charge on any atom is -0.481 e. The summed E-state index contributed by atoms with van der Waals surface area (Å²) in [5.41, 5.74) is 0. The molecule has 0 heterocycles. The highest BCUT2D eigenvalue weighted by Crippen LogP contribution is 2.29. The lowest BCUT2D eigenvalue weighted by Gasteiger charge is -2.24. The van der Waals surface area contributed by atoms with Crippen molar-refractivity contribution in [2.24, 2.45) is 11.8 Å². The summed E-state index contributed by atoms with van der Waals surface area (Å²) in [5, 5.41) is 8.82. The van der Waals surface area contributed by atoms with E-state index >= 15 is 0 Å². The van der Waals surface area contributed by atoms with Gasteiger partial charge in [0.15, 0.2) is 0 Å². The van der Waals surface area contributed by atoms with Gasteiger partial charge in [-0.3, -0.25) is 9.59 Å². The van der Waals surface area contributed by atoms with E-state index in [0.29, 0.717) is 19.4 Å². The molecule has 0 aliphatic heterocycles. The van der Waals surface area contributed by atoms with Gasteiger partial charge in [0.2, 0.25) is 0 Å². The van der Waals surface area contributed by atoms with Crippen LogP contribution in [0.1, 0.15) is 32.6 Å². The normalized spacial score (nSPS) is 26.9. The zero-order valence-electron chi connectivity index (χ0n) is 8.36. The van der Waals surface area contributed by atoms with Crippen LogP contribution < -0.4 is 0 Å². The van der Waals surface area contributed by atoms with Gasteiger partial charge in [-0.1, -0.05) is 6.42 Å². The predicted molar refractivity (Wildman–Crippen MR) is 49.7 cm³/mol. The van der Waals surface area contributed by atoms with Crippen LogP contribution in [0.2, 0.25) is 0 Å². The number of carbonyl (C=O) groups excluding carboxylic acids is 1. The molecule has 1 N–H and O–H groups in total. The Morgan fingerprint density at radius 3 is 2.57 bits per heavy atom. The van der Waals surface area contributed by atoms with Crippen molar-refractivity contribution >= 4 is 11.9 Å². The molecule has 0 radical (unpaired) electrons. The minimum atomic E-state index is -0.793. The molecule has 1 aliphatic rings. The fourth-order valence-corrected chi connectivity index (χ4v) is 1.89. The van der Waals surface area contributed by atoms with E-state index in [9.17, 15) is 9.59 Å². The second-order valence-electron chi connectivity index (χ2n) is 3.65. The lowest BCUT2D eigenvalue weighted by atomic mass is 9.81.